The van der Waals surface area contributed by atoms with E-state index in [4.69, 9.17) is 0 Å². The second-order valence-electron chi connectivity index (χ2n) is 12.1. The SMILES string of the molecule is CCCC1=CC=C(C2CCC(C3CCC(C4CCC(CCC)CC4)CC3)CC2)C(F)(F)C1(F)F. The van der Waals surface area contributed by atoms with Crippen molar-refractivity contribution >= 4 is 0 Å². The summed E-state index contributed by atoms with van der Waals surface area (Å²) in [4.78, 5) is 0. The molecule has 0 heterocycles. The molecular weight excluding hydrogens is 436 g/mol. The van der Waals surface area contributed by atoms with E-state index in [0.717, 1.165) is 30.6 Å². The van der Waals surface area contributed by atoms with E-state index in [1.54, 1.807) is 6.92 Å². The molecule has 0 saturated heterocycles. The summed E-state index contributed by atoms with van der Waals surface area (Å²) in [6, 6.07) is 0. The van der Waals surface area contributed by atoms with Crippen LogP contribution in [0, 0.1) is 35.5 Å². The fraction of sp³-hybridized carbons (Fsp3) is 0.867. The third-order valence-electron chi connectivity index (χ3n) is 10.1. The molecule has 4 aliphatic carbocycles. The van der Waals surface area contributed by atoms with Crippen molar-refractivity contribution in [1.29, 1.82) is 0 Å². The fourth-order valence-corrected chi connectivity index (χ4v) is 8.03. The van der Waals surface area contributed by atoms with E-state index in [1.165, 1.54) is 76.4 Å². The van der Waals surface area contributed by atoms with Crippen LogP contribution in [0.3, 0.4) is 0 Å². The summed E-state index contributed by atoms with van der Waals surface area (Å²) < 4.78 is 59.0. The van der Waals surface area contributed by atoms with Gasteiger partial charge in [0.2, 0.25) is 0 Å². The van der Waals surface area contributed by atoms with Gasteiger partial charge in [-0.3, -0.25) is 0 Å². The van der Waals surface area contributed by atoms with E-state index in [1.807, 2.05) is 0 Å². The van der Waals surface area contributed by atoms with Gasteiger partial charge in [0.15, 0.2) is 0 Å². The second kappa shape index (κ2) is 11.1. The Kier molecular flexibility index (Phi) is 8.56. The number of allylic oxidation sites excluding steroid dienone is 4. The molecule has 0 aromatic rings. The van der Waals surface area contributed by atoms with Crippen LogP contribution >= 0.6 is 0 Å². The highest BCUT2D eigenvalue weighted by Gasteiger charge is 2.62. The first-order valence-electron chi connectivity index (χ1n) is 14.4. The molecule has 0 radical (unpaired) electrons. The van der Waals surface area contributed by atoms with Crippen molar-refractivity contribution in [2.45, 2.75) is 128 Å². The van der Waals surface area contributed by atoms with Gasteiger partial charge in [-0.25, -0.2) is 0 Å². The Labute approximate surface area is 205 Å². The first-order valence-corrected chi connectivity index (χ1v) is 14.4. The lowest BCUT2D eigenvalue weighted by Gasteiger charge is -2.43. The molecule has 4 heteroatoms. The topological polar surface area (TPSA) is 0 Å². The van der Waals surface area contributed by atoms with Crippen LogP contribution in [0.5, 0.6) is 0 Å². The van der Waals surface area contributed by atoms with Crippen molar-refractivity contribution in [3.8, 4) is 0 Å². The first kappa shape index (κ1) is 26.3. The van der Waals surface area contributed by atoms with Crippen molar-refractivity contribution in [2.24, 2.45) is 35.5 Å². The van der Waals surface area contributed by atoms with Crippen molar-refractivity contribution in [3.05, 3.63) is 23.3 Å². The summed E-state index contributed by atoms with van der Waals surface area (Å²) >= 11 is 0. The predicted octanol–water partition coefficient (Wildman–Crippen LogP) is 10.1. The van der Waals surface area contributed by atoms with Crippen molar-refractivity contribution in [2.75, 3.05) is 0 Å². The molecule has 3 saturated carbocycles. The van der Waals surface area contributed by atoms with Gasteiger partial charge in [0, 0.05) is 11.1 Å². The van der Waals surface area contributed by atoms with Gasteiger partial charge in [-0.05, 0) is 106 Å². The Bertz CT molecular complexity index is 712. The molecule has 0 aliphatic heterocycles. The monoisotopic (exact) mass is 482 g/mol. The van der Waals surface area contributed by atoms with Gasteiger partial charge < -0.3 is 0 Å². The molecular formula is C30H46F4. The van der Waals surface area contributed by atoms with Gasteiger partial charge >= 0.3 is 11.8 Å². The predicted molar refractivity (Wildman–Crippen MR) is 132 cm³/mol. The van der Waals surface area contributed by atoms with Crippen LogP contribution < -0.4 is 0 Å². The standard InChI is InChI=1S/C30H46F4/c1-3-5-21-7-9-22(10-8-21)23-11-13-24(14-12-23)25-15-17-26(18-16-25)28-20-19-27(6-4-2)29(31,32)30(28,33)34/h19-26H,3-18H2,1-2H3. The second-order valence-corrected chi connectivity index (χ2v) is 12.1. The first-order chi connectivity index (χ1) is 16.3. The van der Waals surface area contributed by atoms with Crippen LogP contribution in [0.15, 0.2) is 23.3 Å². The van der Waals surface area contributed by atoms with Crippen LogP contribution in [0.25, 0.3) is 0 Å². The Morgan fingerprint density at radius 3 is 1.56 bits per heavy atom. The van der Waals surface area contributed by atoms with Gasteiger partial charge in [0.25, 0.3) is 0 Å². The van der Waals surface area contributed by atoms with E-state index < -0.39 is 23.3 Å². The van der Waals surface area contributed by atoms with E-state index in [9.17, 15) is 17.6 Å². The maximum absolute atomic E-state index is 14.9. The molecule has 4 aliphatic rings. The maximum Gasteiger partial charge on any atom is 0.336 e. The molecule has 34 heavy (non-hydrogen) atoms. The zero-order chi connectivity index (χ0) is 24.3. The highest BCUT2D eigenvalue weighted by Crippen LogP contribution is 2.54. The molecule has 194 valence electrons. The molecule has 4 rings (SSSR count). The van der Waals surface area contributed by atoms with Crippen molar-refractivity contribution in [1.82, 2.24) is 0 Å². The van der Waals surface area contributed by atoms with Crippen LogP contribution in [-0.2, 0) is 0 Å². The average Bonchev–Trinajstić information content (AvgIpc) is 2.84. The third-order valence-corrected chi connectivity index (χ3v) is 10.1. The van der Waals surface area contributed by atoms with Gasteiger partial charge in [0.1, 0.15) is 0 Å². The molecule has 0 spiro atoms. The molecule has 0 amide bonds. The third kappa shape index (κ3) is 5.31. The Morgan fingerprint density at radius 1 is 0.618 bits per heavy atom. The van der Waals surface area contributed by atoms with Gasteiger partial charge in [-0.1, -0.05) is 58.1 Å². The van der Waals surface area contributed by atoms with Crippen LogP contribution in [0.4, 0.5) is 17.6 Å². The minimum atomic E-state index is -4.04. The smallest absolute Gasteiger partial charge is 0.194 e. The molecule has 0 nitrogen and oxygen atoms in total. The minimum absolute atomic E-state index is 0.0297. The lowest BCUT2D eigenvalue weighted by molar-refractivity contribution is -0.169. The Hall–Kier alpha value is -0.800. The van der Waals surface area contributed by atoms with E-state index in [2.05, 4.69) is 6.92 Å². The molecule has 0 aromatic carbocycles. The van der Waals surface area contributed by atoms with Crippen LogP contribution in [-0.4, -0.2) is 11.8 Å². The molecule has 0 atom stereocenters. The van der Waals surface area contributed by atoms with Crippen molar-refractivity contribution < 1.29 is 17.6 Å². The van der Waals surface area contributed by atoms with Gasteiger partial charge in [-0.15, -0.1) is 0 Å². The summed E-state index contributed by atoms with van der Waals surface area (Å²) in [5.41, 5.74) is -0.716. The fourth-order valence-electron chi connectivity index (χ4n) is 8.03. The molecule has 0 bridgehead atoms. The number of alkyl halides is 4. The summed E-state index contributed by atoms with van der Waals surface area (Å²) in [5.74, 6) is -4.38. The normalized spacial score (nSPS) is 38.2. The van der Waals surface area contributed by atoms with Crippen molar-refractivity contribution in [3.63, 3.8) is 0 Å². The average molecular weight is 483 g/mol. The summed E-state index contributed by atoms with van der Waals surface area (Å²) in [6.45, 7) is 4.05. The van der Waals surface area contributed by atoms with Crippen LogP contribution in [0.2, 0.25) is 0 Å². The number of rotatable bonds is 7. The van der Waals surface area contributed by atoms with E-state index in [-0.39, 0.29) is 12.0 Å². The number of halogens is 4. The zero-order valence-electron chi connectivity index (χ0n) is 21.4. The van der Waals surface area contributed by atoms with E-state index in [0.29, 0.717) is 31.1 Å². The number of hydrogen-bond donors (Lipinski definition) is 0. The molecule has 0 aromatic heterocycles. The lowest BCUT2D eigenvalue weighted by atomic mass is 9.64. The Balaban J connectivity index is 1.26. The zero-order valence-corrected chi connectivity index (χ0v) is 21.4. The van der Waals surface area contributed by atoms with Gasteiger partial charge in [-0.2, -0.15) is 17.6 Å². The minimum Gasteiger partial charge on any atom is -0.194 e. The summed E-state index contributed by atoms with van der Waals surface area (Å²) in [7, 11) is 0. The van der Waals surface area contributed by atoms with Crippen LogP contribution in [0.1, 0.15) is 117 Å². The summed E-state index contributed by atoms with van der Waals surface area (Å²) in [5, 5.41) is 0. The highest BCUT2D eigenvalue weighted by atomic mass is 19.3. The Morgan fingerprint density at radius 2 is 1.09 bits per heavy atom. The quantitative estimate of drug-likeness (QED) is 0.317. The molecule has 3 fully saturated rings. The largest absolute Gasteiger partial charge is 0.336 e. The summed E-state index contributed by atoms with van der Waals surface area (Å²) in [6.07, 6.45) is 19.9. The van der Waals surface area contributed by atoms with E-state index >= 15 is 0 Å². The molecule has 0 N–H and O–H groups in total. The lowest BCUT2D eigenvalue weighted by Crippen LogP contribution is -2.47. The highest BCUT2D eigenvalue weighted by molar-refractivity contribution is 5.39. The number of hydrogen-bond acceptors (Lipinski definition) is 0. The molecule has 0 unspecified atom stereocenters. The van der Waals surface area contributed by atoms with Gasteiger partial charge in [0.05, 0.1) is 0 Å². The maximum atomic E-state index is 14.9.